The van der Waals surface area contributed by atoms with E-state index in [1.807, 2.05) is 31.2 Å². The molecule has 0 saturated heterocycles. The number of nitrogens with zero attached hydrogens (tertiary/aromatic N) is 2. The number of benzene rings is 3. The second-order valence-electron chi connectivity index (χ2n) is 6.33. The molecule has 154 valence electrons. The minimum Gasteiger partial charge on any atom is -0.280 e. The second kappa shape index (κ2) is 8.93. The monoisotopic (exact) mass is 444 g/mol. The van der Waals surface area contributed by atoms with Gasteiger partial charge in [0.05, 0.1) is 16.0 Å². The van der Waals surface area contributed by atoms with Crippen molar-refractivity contribution in [1.82, 2.24) is 0 Å². The number of hydrogen-bond donors (Lipinski definition) is 2. The number of anilines is 2. The zero-order chi connectivity index (χ0) is 21.7. The van der Waals surface area contributed by atoms with Gasteiger partial charge in [0.25, 0.3) is 15.7 Å². The standard InChI is InChI=1S/C20H17ClN4O4S/c1-14-2-4-15(5-3-14)13-22-23-19-11-10-18(12-20(19)25(26)27)30(28,29)24-17-8-6-16(21)7-9-17/h2-13,23-24H,1H3/b22-13+. The van der Waals surface area contributed by atoms with Crippen LogP contribution in [-0.2, 0) is 10.0 Å². The number of hydrogen-bond acceptors (Lipinski definition) is 6. The number of hydrazone groups is 1. The van der Waals surface area contributed by atoms with E-state index in [-0.39, 0.29) is 16.3 Å². The molecule has 0 aromatic heterocycles. The van der Waals surface area contributed by atoms with Gasteiger partial charge in [-0.3, -0.25) is 20.3 Å². The van der Waals surface area contributed by atoms with Gasteiger partial charge in [-0.1, -0.05) is 41.4 Å². The van der Waals surface area contributed by atoms with Gasteiger partial charge < -0.3 is 0 Å². The molecule has 0 aliphatic carbocycles. The fourth-order valence-electron chi connectivity index (χ4n) is 2.49. The molecule has 0 aliphatic rings. The van der Waals surface area contributed by atoms with Gasteiger partial charge in [0.2, 0.25) is 0 Å². The van der Waals surface area contributed by atoms with Crippen molar-refractivity contribution in [2.75, 3.05) is 10.1 Å². The zero-order valence-electron chi connectivity index (χ0n) is 15.7. The molecule has 0 radical (unpaired) electrons. The van der Waals surface area contributed by atoms with Crippen molar-refractivity contribution >= 4 is 44.9 Å². The van der Waals surface area contributed by atoms with Crippen LogP contribution in [0.1, 0.15) is 11.1 Å². The molecule has 0 unspecified atom stereocenters. The summed E-state index contributed by atoms with van der Waals surface area (Å²) in [5.41, 5.74) is 4.42. The van der Waals surface area contributed by atoms with E-state index in [0.29, 0.717) is 5.02 Å². The van der Waals surface area contributed by atoms with Crippen molar-refractivity contribution in [1.29, 1.82) is 0 Å². The molecular formula is C20H17ClN4O4S. The van der Waals surface area contributed by atoms with Crippen LogP contribution in [0.4, 0.5) is 17.1 Å². The van der Waals surface area contributed by atoms with Crippen molar-refractivity contribution in [3.63, 3.8) is 0 Å². The van der Waals surface area contributed by atoms with Crippen LogP contribution in [0.5, 0.6) is 0 Å². The minimum absolute atomic E-state index is 0.0637. The molecule has 10 heteroatoms. The smallest absolute Gasteiger partial charge is 0.280 e. The molecule has 0 aliphatic heterocycles. The van der Waals surface area contributed by atoms with E-state index in [2.05, 4.69) is 15.2 Å². The molecule has 30 heavy (non-hydrogen) atoms. The Morgan fingerprint density at radius 3 is 2.33 bits per heavy atom. The Hall–Kier alpha value is -3.43. The predicted octanol–water partition coefficient (Wildman–Crippen LogP) is 4.80. The van der Waals surface area contributed by atoms with Crippen LogP contribution >= 0.6 is 11.6 Å². The molecule has 3 aromatic rings. The number of sulfonamides is 1. The van der Waals surface area contributed by atoms with Gasteiger partial charge in [0.1, 0.15) is 5.69 Å². The van der Waals surface area contributed by atoms with Gasteiger partial charge >= 0.3 is 0 Å². The second-order valence-corrected chi connectivity index (χ2v) is 8.45. The van der Waals surface area contributed by atoms with Crippen LogP contribution in [0.2, 0.25) is 5.02 Å². The lowest BCUT2D eigenvalue weighted by atomic mass is 10.2. The van der Waals surface area contributed by atoms with Gasteiger partial charge in [0.15, 0.2) is 0 Å². The Morgan fingerprint density at radius 2 is 1.70 bits per heavy atom. The summed E-state index contributed by atoms with van der Waals surface area (Å²) >= 11 is 5.79. The molecule has 0 atom stereocenters. The van der Waals surface area contributed by atoms with Gasteiger partial charge in [0, 0.05) is 16.8 Å². The Morgan fingerprint density at radius 1 is 1.03 bits per heavy atom. The summed E-state index contributed by atoms with van der Waals surface area (Å²) < 4.78 is 27.5. The van der Waals surface area contributed by atoms with Crippen molar-refractivity contribution in [3.8, 4) is 0 Å². The molecule has 2 N–H and O–H groups in total. The Labute approximate surface area is 178 Å². The molecule has 0 fully saturated rings. The van der Waals surface area contributed by atoms with E-state index in [1.54, 1.807) is 0 Å². The molecule has 0 bridgehead atoms. The average molecular weight is 445 g/mol. The molecule has 0 heterocycles. The normalized spacial score (nSPS) is 11.4. The maximum atomic E-state index is 12.6. The third kappa shape index (κ3) is 5.34. The van der Waals surface area contributed by atoms with Crippen molar-refractivity contribution in [2.24, 2.45) is 5.10 Å². The predicted molar refractivity (Wildman–Crippen MR) is 118 cm³/mol. The van der Waals surface area contributed by atoms with Crippen LogP contribution in [0.25, 0.3) is 0 Å². The van der Waals surface area contributed by atoms with Crippen molar-refractivity contribution in [2.45, 2.75) is 11.8 Å². The summed E-state index contributed by atoms with van der Waals surface area (Å²) in [6.45, 7) is 1.96. The van der Waals surface area contributed by atoms with Crippen molar-refractivity contribution < 1.29 is 13.3 Å². The molecule has 8 nitrogen and oxygen atoms in total. The van der Waals surface area contributed by atoms with Crippen LogP contribution in [0, 0.1) is 17.0 Å². The van der Waals surface area contributed by atoms with Gasteiger partial charge in [-0.2, -0.15) is 5.10 Å². The van der Waals surface area contributed by atoms with Gasteiger partial charge in [-0.15, -0.1) is 0 Å². The number of nitro benzene ring substituents is 1. The molecule has 3 rings (SSSR count). The fourth-order valence-corrected chi connectivity index (χ4v) is 3.69. The maximum Gasteiger partial charge on any atom is 0.295 e. The topological polar surface area (TPSA) is 114 Å². The number of halogens is 1. The van der Waals surface area contributed by atoms with Crippen LogP contribution < -0.4 is 10.1 Å². The third-order valence-electron chi connectivity index (χ3n) is 4.05. The maximum absolute atomic E-state index is 12.6. The number of nitro groups is 1. The first-order valence-electron chi connectivity index (χ1n) is 8.67. The first-order valence-corrected chi connectivity index (χ1v) is 10.5. The molecular weight excluding hydrogens is 428 g/mol. The summed E-state index contributed by atoms with van der Waals surface area (Å²) in [7, 11) is -4.03. The lowest BCUT2D eigenvalue weighted by Gasteiger charge is -2.09. The van der Waals surface area contributed by atoms with Crippen LogP contribution in [-0.4, -0.2) is 19.6 Å². The molecule has 0 amide bonds. The summed E-state index contributed by atoms with van der Waals surface area (Å²) in [4.78, 5) is 10.5. The Kier molecular flexibility index (Phi) is 6.34. The Balaban J connectivity index is 1.82. The van der Waals surface area contributed by atoms with Gasteiger partial charge in [-0.25, -0.2) is 8.42 Å². The van der Waals surface area contributed by atoms with Crippen LogP contribution in [0.3, 0.4) is 0 Å². The first-order chi connectivity index (χ1) is 14.2. The highest BCUT2D eigenvalue weighted by Gasteiger charge is 2.21. The average Bonchev–Trinajstić information content (AvgIpc) is 2.71. The van der Waals surface area contributed by atoms with E-state index >= 15 is 0 Å². The van der Waals surface area contributed by atoms with E-state index in [1.165, 1.54) is 42.6 Å². The quantitative estimate of drug-likeness (QED) is 0.308. The molecule has 3 aromatic carbocycles. The highest BCUT2D eigenvalue weighted by molar-refractivity contribution is 7.92. The third-order valence-corrected chi connectivity index (χ3v) is 5.68. The summed E-state index contributed by atoms with van der Waals surface area (Å²) in [6.07, 6.45) is 1.51. The lowest BCUT2D eigenvalue weighted by molar-refractivity contribution is -0.384. The van der Waals surface area contributed by atoms with Crippen LogP contribution in [0.15, 0.2) is 76.7 Å². The van der Waals surface area contributed by atoms with E-state index < -0.39 is 20.6 Å². The minimum atomic E-state index is -4.03. The van der Waals surface area contributed by atoms with Gasteiger partial charge in [-0.05, 0) is 48.9 Å². The molecule has 0 saturated carbocycles. The summed E-state index contributed by atoms with van der Waals surface area (Å²) in [5.74, 6) is 0. The highest BCUT2D eigenvalue weighted by atomic mass is 35.5. The number of nitrogens with one attached hydrogen (secondary N) is 2. The van der Waals surface area contributed by atoms with E-state index in [4.69, 9.17) is 11.6 Å². The first kappa shape index (κ1) is 21.3. The molecule has 0 spiro atoms. The summed E-state index contributed by atoms with van der Waals surface area (Å²) in [5, 5.41) is 15.9. The zero-order valence-corrected chi connectivity index (χ0v) is 17.3. The van der Waals surface area contributed by atoms with E-state index in [9.17, 15) is 18.5 Å². The SMILES string of the molecule is Cc1ccc(/C=N/Nc2ccc(S(=O)(=O)Nc3ccc(Cl)cc3)cc2[N+](=O)[O-])cc1. The number of aryl methyl sites for hydroxylation is 1. The number of rotatable bonds is 7. The van der Waals surface area contributed by atoms with E-state index in [0.717, 1.165) is 17.2 Å². The fraction of sp³-hybridized carbons (Fsp3) is 0.0500. The summed E-state index contributed by atoms with van der Waals surface area (Å²) in [6, 6.07) is 17.1. The highest BCUT2D eigenvalue weighted by Crippen LogP contribution is 2.28. The Bertz CT molecular complexity index is 1190. The lowest BCUT2D eigenvalue weighted by Crippen LogP contribution is -2.13. The van der Waals surface area contributed by atoms with Crippen molar-refractivity contribution in [3.05, 3.63) is 93.0 Å². The largest absolute Gasteiger partial charge is 0.295 e.